The lowest BCUT2D eigenvalue weighted by molar-refractivity contribution is 0.345. The summed E-state index contributed by atoms with van der Waals surface area (Å²) in [5.74, 6) is 1.86. The molecule has 0 fully saturated rings. The van der Waals surface area contributed by atoms with E-state index in [0.717, 1.165) is 35.4 Å². The summed E-state index contributed by atoms with van der Waals surface area (Å²) in [5.41, 5.74) is 0. The molecule has 2 aromatic carbocycles. The zero-order valence-electron chi connectivity index (χ0n) is 11.2. The molecule has 0 aliphatic heterocycles. The van der Waals surface area contributed by atoms with Crippen molar-refractivity contribution in [3.05, 3.63) is 60.7 Å². The highest BCUT2D eigenvalue weighted by molar-refractivity contribution is 9.09. The van der Waals surface area contributed by atoms with Gasteiger partial charge in [0.15, 0.2) is 0 Å². The van der Waals surface area contributed by atoms with Crippen molar-refractivity contribution in [3.63, 3.8) is 0 Å². The van der Waals surface area contributed by atoms with Crippen LogP contribution in [0.5, 0.6) is 11.5 Å². The first-order chi connectivity index (χ1) is 9.86. The topological polar surface area (TPSA) is 18.5 Å². The van der Waals surface area contributed by atoms with Crippen molar-refractivity contribution in [1.82, 2.24) is 0 Å². The molecule has 0 radical (unpaired) electrons. The van der Waals surface area contributed by atoms with Crippen LogP contribution in [0.1, 0.15) is 0 Å². The number of halogens is 2. The van der Waals surface area contributed by atoms with Crippen molar-refractivity contribution in [2.24, 2.45) is 0 Å². The molecule has 0 N–H and O–H groups in total. The fraction of sp³-hybridized carbons (Fsp3) is 0.250. The minimum atomic E-state index is 0.726. The third-order valence-electron chi connectivity index (χ3n) is 2.18. The summed E-state index contributed by atoms with van der Waals surface area (Å²) < 4.78 is 10.6. The monoisotopic (exact) mass is 400 g/mol. The molecule has 2 rings (SSSR count). The molecule has 0 spiro atoms. The van der Waals surface area contributed by atoms with E-state index in [2.05, 4.69) is 31.9 Å². The molecule has 0 amide bonds. The maximum atomic E-state index is 5.31. The Morgan fingerprint density at radius 3 is 1.25 bits per heavy atom. The third kappa shape index (κ3) is 8.23. The fourth-order valence-electron chi connectivity index (χ4n) is 1.35. The maximum absolute atomic E-state index is 5.31. The van der Waals surface area contributed by atoms with Gasteiger partial charge in [0.05, 0.1) is 13.2 Å². The van der Waals surface area contributed by atoms with E-state index >= 15 is 0 Å². The molecule has 0 unspecified atom stereocenters. The highest BCUT2D eigenvalue weighted by Crippen LogP contribution is 2.08. The van der Waals surface area contributed by atoms with Crippen molar-refractivity contribution < 1.29 is 9.47 Å². The Hall–Kier alpha value is -1.00. The average molecular weight is 402 g/mol. The van der Waals surface area contributed by atoms with Crippen LogP contribution < -0.4 is 9.47 Å². The number of benzene rings is 2. The van der Waals surface area contributed by atoms with E-state index in [9.17, 15) is 0 Å². The first kappa shape index (κ1) is 17.1. The van der Waals surface area contributed by atoms with Crippen LogP contribution >= 0.6 is 31.9 Å². The van der Waals surface area contributed by atoms with E-state index in [1.54, 1.807) is 0 Å². The molecule has 108 valence electrons. The van der Waals surface area contributed by atoms with E-state index in [1.807, 2.05) is 60.7 Å². The Labute approximate surface area is 137 Å². The first-order valence-corrected chi connectivity index (χ1v) is 8.58. The van der Waals surface area contributed by atoms with Gasteiger partial charge in [0.25, 0.3) is 0 Å². The summed E-state index contributed by atoms with van der Waals surface area (Å²) in [7, 11) is 0. The molecule has 4 heteroatoms. The molecule has 0 aliphatic carbocycles. The van der Waals surface area contributed by atoms with Crippen LogP contribution in [0, 0.1) is 0 Å². The normalized spacial score (nSPS) is 9.30. The zero-order valence-corrected chi connectivity index (χ0v) is 14.3. The van der Waals surface area contributed by atoms with Gasteiger partial charge in [-0.1, -0.05) is 68.3 Å². The zero-order chi connectivity index (χ0) is 14.5. The fourth-order valence-corrected chi connectivity index (χ4v) is 1.67. The molecule has 0 aliphatic rings. The molecule has 2 aromatic rings. The highest BCUT2D eigenvalue weighted by atomic mass is 79.9. The van der Waals surface area contributed by atoms with Gasteiger partial charge >= 0.3 is 0 Å². The van der Waals surface area contributed by atoms with Gasteiger partial charge in [-0.15, -0.1) is 0 Å². The number of para-hydroxylation sites is 2. The lowest BCUT2D eigenvalue weighted by Gasteiger charge is -2.01. The van der Waals surface area contributed by atoms with E-state index in [0.29, 0.717) is 0 Å². The van der Waals surface area contributed by atoms with Gasteiger partial charge < -0.3 is 9.47 Å². The predicted octanol–water partition coefficient (Wildman–Crippen LogP) is 4.92. The number of hydrogen-bond donors (Lipinski definition) is 0. The maximum Gasteiger partial charge on any atom is 0.119 e. The quantitative estimate of drug-likeness (QED) is 0.639. The van der Waals surface area contributed by atoms with Crippen LogP contribution in [0.15, 0.2) is 60.7 Å². The van der Waals surface area contributed by atoms with Crippen LogP contribution in [0.25, 0.3) is 0 Å². The molecule has 0 aromatic heterocycles. The van der Waals surface area contributed by atoms with Crippen molar-refractivity contribution in [1.29, 1.82) is 0 Å². The van der Waals surface area contributed by atoms with E-state index in [-0.39, 0.29) is 0 Å². The first-order valence-electron chi connectivity index (χ1n) is 6.34. The van der Waals surface area contributed by atoms with E-state index in [4.69, 9.17) is 9.47 Å². The SMILES string of the molecule is BrCCOc1ccccc1.BrCCOc1ccccc1. The van der Waals surface area contributed by atoms with Gasteiger partial charge in [-0.25, -0.2) is 0 Å². The summed E-state index contributed by atoms with van der Waals surface area (Å²) in [6.45, 7) is 1.45. The summed E-state index contributed by atoms with van der Waals surface area (Å²) in [4.78, 5) is 0. The molecule has 20 heavy (non-hydrogen) atoms. The van der Waals surface area contributed by atoms with Gasteiger partial charge in [-0.2, -0.15) is 0 Å². The largest absolute Gasteiger partial charge is 0.493 e. The highest BCUT2D eigenvalue weighted by Gasteiger charge is 1.87. The smallest absolute Gasteiger partial charge is 0.119 e. The summed E-state index contributed by atoms with van der Waals surface area (Å²) >= 11 is 6.56. The van der Waals surface area contributed by atoms with Crippen LogP contribution in [0.3, 0.4) is 0 Å². The van der Waals surface area contributed by atoms with Crippen LogP contribution in [0.2, 0.25) is 0 Å². The molecule has 0 saturated carbocycles. The second-order valence-electron chi connectivity index (χ2n) is 3.70. The molecule has 0 bridgehead atoms. The van der Waals surface area contributed by atoms with Crippen molar-refractivity contribution in [3.8, 4) is 11.5 Å². The van der Waals surface area contributed by atoms with Crippen LogP contribution in [0.4, 0.5) is 0 Å². The van der Waals surface area contributed by atoms with Crippen LogP contribution in [-0.4, -0.2) is 23.9 Å². The second-order valence-corrected chi connectivity index (χ2v) is 5.29. The Bertz CT molecular complexity index is 391. The van der Waals surface area contributed by atoms with Crippen molar-refractivity contribution >= 4 is 31.9 Å². The summed E-state index contributed by atoms with van der Waals surface area (Å²) in [6, 6.07) is 19.6. The molecule has 2 nitrogen and oxygen atoms in total. The van der Waals surface area contributed by atoms with Crippen molar-refractivity contribution in [2.75, 3.05) is 23.9 Å². The lowest BCUT2D eigenvalue weighted by Crippen LogP contribution is -1.96. The van der Waals surface area contributed by atoms with Gasteiger partial charge in [-0.3, -0.25) is 0 Å². The number of rotatable bonds is 6. The molecule has 0 atom stereocenters. The average Bonchev–Trinajstić information content (AvgIpc) is 2.53. The Balaban J connectivity index is 0.000000200. The van der Waals surface area contributed by atoms with Crippen molar-refractivity contribution in [2.45, 2.75) is 0 Å². The predicted molar refractivity (Wildman–Crippen MR) is 91.5 cm³/mol. The van der Waals surface area contributed by atoms with Gasteiger partial charge in [0.1, 0.15) is 11.5 Å². The number of hydrogen-bond acceptors (Lipinski definition) is 2. The van der Waals surface area contributed by atoms with E-state index < -0.39 is 0 Å². The third-order valence-corrected chi connectivity index (χ3v) is 2.83. The lowest BCUT2D eigenvalue weighted by atomic mass is 10.3. The molecule has 0 heterocycles. The molecular weight excluding hydrogens is 384 g/mol. The number of ether oxygens (including phenoxy) is 2. The second kappa shape index (κ2) is 11.8. The van der Waals surface area contributed by atoms with E-state index in [1.165, 1.54) is 0 Å². The minimum Gasteiger partial charge on any atom is -0.493 e. The molecule has 0 saturated heterocycles. The van der Waals surface area contributed by atoms with Gasteiger partial charge in [0.2, 0.25) is 0 Å². The van der Waals surface area contributed by atoms with Gasteiger partial charge in [0, 0.05) is 10.7 Å². The number of alkyl halides is 2. The Morgan fingerprint density at radius 2 is 0.950 bits per heavy atom. The van der Waals surface area contributed by atoms with Gasteiger partial charge in [-0.05, 0) is 24.3 Å². The standard InChI is InChI=1S/2C8H9BrO/c2*9-6-7-10-8-4-2-1-3-5-8/h2*1-5H,6-7H2. The Kier molecular flexibility index (Phi) is 10.1. The van der Waals surface area contributed by atoms with Crippen LogP contribution in [-0.2, 0) is 0 Å². The molecular formula is C16H18Br2O2. The summed E-state index contributed by atoms with van der Waals surface area (Å²) in [6.07, 6.45) is 0. The Morgan fingerprint density at radius 1 is 0.600 bits per heavy atom. The minimum absolute atomic E-state index is 0.726. The summed E-state index contributed by atoms with van der Waals surface area (Å²) in [5, 5.41) is 1.75.